The van der Waals surface area contributed by atoms with Crippen LogP contribution in [0.5, 0.6) is 5.75 Å². The highest BCUT2D eigenvalue weighted by Crippen LogP contribution is 2.39. The van der Waals surface area contributed by atoms with E-state index in [1.807, 2.05) is 26.2 Å². The van der Waals surface area contributed by atoms with Crippen molar-refractivity contribution in [3.8, 4) is 5.75 Å². The fraction of sp³-hybridized carbons (Fsp3) is 0.409. The molecule has 4 rings (SSSR count). The normalized spacial score (nSPS) is 14.1. The molecule has 0 bridgehead atoms. The molecule has 0 radical (unpaired) electrons. The number of benzene rings is 1. The lowest BCUT2D eigenvalue weighted by atomic mass is 10.2. The maximum atomic E-state index is 12.9. The van der Waals surface area contributed by atoms with E-state index in [9.17, 15) is 4.79 Å². The molecule has 170 valence electrons. The number of amides is 1. The molecule has 1 aromatic carbocycles. The molecule has 1 aliphatic rings. The average molecular weight is 457 g/mol. The number of rotatable bonds is 8. The highest BCUT2D eigenvalue weighted by molar-refractivity contribution is 7.23. The third-order valence-corrected chi connectivity index (χ3v) is 6.16. The number of likely N-dealkylation sites (N-methyl/N-ethyl adjacent to an activating group) is 1. The number of thiazole rings is 1. The lowest BCUT2D eigenvalue weighted by Crippen LogP contribution is -2.36. The number of pyridine rings is 1. The van der Waals surface area contributed by atoms with Gasteiger partial charge in [0.2, 0.25) is 0 Å². The molecular formula is C22H28N6O3S. The Balaban J connectivity index is 1.54. The molecule has 1 aliphatic heterocycles. The Bertz CT molecular complexity index is 1080. The fourth-order valence-corrected chi connectivity index (χ4v) is 4.51. The number of fused-ring (bicyclic) bond motifs is 1. The lowest BCUT2D eigenvalue weighted by molar-refractivity contribution is 0.102. The Hall–Kier alpha value is -2.95. The Kier molecular flexibility index (Phi) is 7.03. The number of ether oxygens (including phenoxy) is 2. The average Bonchev–Trinajstić information content (AvgIpc) is 3.22. The molecule has 1 amide bonds. The number of aromatic nitrogens is 2. The van der Waals surface area contributed by atoms with Gasteiger partial charge in [-0.3, -0.25) is 10.1 Å². The summed E-state index contributed by atoms with van der Waals surface area (Å²) in [6.07, 6.45) is 1.63. The Morgan fingerprint density at radius 1 is 1.28 bits per heavy atom. The molecule has 0 atom stereocenters. The Morgan fingerprint density at radius 2 is 2.09 bits per heavy atom. The van der Waals surface area contributed by atoms with Crippen LogP contribution in [0.25, 0.3) is 10.2 Å². The largest absolute Gasteiger partial charge is 0.494 e. The van der Waals surface area contributed by atoms with Gasteiger partial charge in [-0.2, -0.15) is 0 Å². The topological polar surface area (TPSA) is 91.8 Å². The van der Waals surface area contributed by atoms with Gasteiger partial charge in [-0.25, -0.2) is 9.97 Å². The van der Waals surface area contributed by atoms with Crippen molar-refractivity contribution in [3.63, 3.8) is 0 Å². The van der Waals surface area contributed by atoms with Crippen LogP contribution < -0.4 is 20.3 Å². The number of hydrogen-bond acceptors (Lipinski definition) is 9. The van der Waals surface area contributed by atoms with E-state index in [4.69, 9.17) is 9.47 Å². The third-order valence-electron chi connectivity index (χ3n) is 5.17. The van der Waals surface area contributed by atoms with Crippen LogP contribution in [0.2, 0.25) is 0 Å². The van der Waals surface area contributed by atoms with Gasteiger partial charge in [0.05, 0.1) is 30.7 Å². The molecule has 32 heavy (non-hydrogen) atoms. The first kappa shape index (κ1) is 22.3. The van der Waals surface area contributed by atoms with E-state index in [1.54, 1.807) is 25.4 Å². The van der Waals surface area contributed by atoms with Crippen molar-refractivity contribution in [2.45, 2.75) is 0 Å². The molecule has 2 N–H and O–H groups in total. The minimum Gasteiger partial charge on any atom is -0.494 e. The van der Waals surface area contributed by atoms with Crippen molar-refractivity contribution in [2.75, 3.05) is 76.1 Å². The van der Waals surface area contributed by atoms with Gasteiger partial charge in [0.15, 0.2) is 5.13 Å². The second-order valence-corrected chi connectivity index (χ2v) is 8.70. The maximum Gasteiger partial charge on any atom is 0.257 e. The van der Waals surface area contributed by atoms with Crippen molar-refractivity contribution in [2.24, 2.45) is 0 Å². The van der Waals surface area contributed by atoms with Crippen molar-refractivity contribution < 1.29 is 14.3 Å². The van der Waals surface area contributed by atoms with E-state index in [1.165, 1.54) is 11.3 Å². The predicted octanol–water partition coefficient (Wildman–Crippen LogP) is 2.76. The van der Waals surface area contributed by atoms with E-state index in [2.05, 4.69) is 30.4 Å². The molecule has 1 fully saturated rings. The van der Waals surface area contributed by atoms with Crippen LogP contribution in [0, 0.1) is 0 Å². The van der Waals surface area contributed by atoms with Gasteiger partial charge >= 0.3 is 0 Å². The SMILES string of the molecule is COc1ccc(N2CCOCC2)c2sc(NC(=O)c3ccnc(NCCN(C)C)c3)nc12. The standard InChI is InChI=1S/C22H28N6O3S/c1-27(2)9-8-24-18-14-15(6-7-23-18)21(29)26-22-25-19-17(30-3)5-4-16(20(19)32-22)28-10-12-31-13-11-28/h4-7,14H,8-13H2,1-3H3,(H,23,24)(H,25,26,29). The van der Waals surface area contributed by atoms with Crippen LogP contribution >= 0.6 is 11.3 Å². The van der Waals surface area contributed by atoms with Crippen LogP contribution in [0.4, 0.5) is 16.6 Å². The van der Waals surface area contributed by atoms with Crippen LogP contribution in [0.15, 0.2) is 30.5 Å². The lowest BCUT2D eigenvalue weighted by Gasteiger charge is -2.29. The number of methoxy groups -OCH3 is 1. The van der Waals surface area contributed by atoms with Gasteiger partial charge < -0.3 is 24.6 Å². The molecule has 9 nitrogen and oxygen atoms in total. The van der Waals surface area contributed by atoms with Crippen LogP contribution in [0.1, 0.15) is 10.4 Å². The van der Waals surface area contributed by atoms with Crippen molar-refractivity contribution in [1.29, 1.82) is 0 Å². The highest BCUT2D eigenvalue weighted by Gasteiger charge is 2.20. The van der Waals surface area contributed by atoms with E-state index in [0.717, 1.165) is 42.1 Å². The van der Waals surface area contributed by atoms with Gasteiger partial charge in [0.1, 0.15) is 17.1 Å². The Labute approximate surface area is 191 Å². The number of carbonyl (C=O) groups excluding carboxylic acids is 1. The fourth-order valence-electron chi connectivity index (χ4n) is 3.49. The van der Waals surface area contributed by atoms with Crippen LogP contribution in [0.3, 0.4) is 0 Å². The molecule has 1 saturated heterocycles. The number of nitrogens with one attached hydrogen (secondary N) is 2. The Morgan fingerprint density at radius 3 is 2.84 bits per heavy atom. The third kappa shape index (κ3) is 5.09. The first-order valence-electron chi connectivity index (χ1n) is 10.5. The first-order chi connectivity index (χ1) is 15.5. The number of carbonyl (C=O) groups is 1. The molecule has 10 heteroatoms. The molecule has 0 aliphatic carbocycles. The minimum absolute atomic E-state index is 0.228. The van der Waals surface area contributed by atoms with Gasteiger partial charge in [-0.1, -0.05) is 11.3 Å². The smallest absolute Gasteiger partial charge is 0.257 e. The second-order valence-electron chi connectivity index (χ2n) is 7.70. The first-order valence-corrected chi connectivity index (χ1v) is 11.3. The zero-order valence-electron chi connectivity index (χ0n) is 18.6. The molecule has 2 aromatic heterocycles. The summed E-state index contributed by atoms with van der Waals surface area (Å²) in [5.74, 6) is 1.12. The molecular weight excluding hydrogens is 428 g/mol. The van der Waals surface area contributed by atoms with Crippen molar-refractivity contribution in [1.82, 2.24) is 14.9 Å². The summed E-state index contributed by atoms with van der Waals surface area (Å²) in [7, 11) is 5.65. The van der Waals surface area contributed by atoms with Gasteiger partial charge in [-0.15, -0.1) is 0 Å². The monoisotopic (exact) mass is 456 g/mol. The highest BCUT2D eigenvalue weighted by atomic mass is 32.1. The summed E-state index contributed by atoms with van der Waals surface area (Å²) in [5.41, 5.74) is 2.35. The summed E-state index contributed by atoms with van der Waals surface area (Å²) >= 11 is 1.45. The predicted molar refractivity (Wildman–Crippen MR) is 128 cm³/mol. The summed E-state index contributed by atoms with van der Waals surface area (Å²) in [5, 5.41) is 6.70. The molecule has 3 heterocycles. The maximum absolute atomic E-state index is 12.9. The number of morpholine rings is 1. The van der Waals surface area contributed by atoms with Crippen molar-refractivity contribution in [3.05, 3.63) is 36.0 Å². The van der Waals surface area contributed by atoms with Gasteiger partial charge in [0, 0.05) is 37.9 Å². The zero-order valence-corrected chi connectivity index (χ0v) is 19.4. The van der Waals surface area contributed by atoms with E-state index >= 15 is 0 Å². The molecule has 3 aromatic rings. The minimum atomic E-state index is -0.228. The quantitative estimate of drug-likeness (QED) is 0.535. The number of anilines is 3. The zero-order chi connectivity index (χ0) is 22.5. The second kappa shape index (κ2) is 10.1. The van der Waals surface area contributed by atoms with Crippen LogP contribution in [-0.4, -0.2) is 81.4 Å². The summed E-state index contributed by atoms with van der Waals surface area (Å²) in [6.45, 7) is 4.65. The summed E-state index contributed by atoms with van der Waals surface area (Å²) < 4.78 is 12.0. The molecule has 0 unspecified atom stereocenters. The summed E-state index contributed by atoms with van der Waals surface area (Å²) in [6, 6.07) is 7.41. The van der Waals surface area contributed by atoms with Gasteiger partial charge in [0.25, 0.3) is 5.91 Å². The van der Waals surface area contributed by atoms with Crippen molar-refractivity contribution >= 4 is 44.1 Å². The molecule has 0 saturated carbocycles. The van der Waals surface area contributed by atoms with Gasteiger partial charge in [-0.05, 0) is 38.4 Å². The summed E-state index contributed by atoms with van der Waals surface area (Å²) in [4.78, 5) is 26.2. The van der Waals surface area contributed by atoms with E-state index < -0.39 is 0 Å². The number of nitrogens with zero attached hydrogens (tertiary/aromatic N) is 4. The molecule has 0 spiro atoms. The van der Waals surface area contributed by atoms with E-state index in [-0.39, 0.29) is 5.91 Å². The van der Waals surface area contributed by atoms with Crippen LogP contribution in [-0.2, 0) is 4.74 Å². The van der Waals surface area contributed by atoms with E-state index in [0.29, 0.717) is 35.5 Å². The number of hydrogen-bond donors (Lipinski definition) is 2.